The van der Waals surface area contributed by atoms with E-state index in [0.717, 1.165) is 25.3 Å². The summed E-state index contributed by atoms with van der Waals surface area (Å²) in [6, 6.07) is 0. The first-order valence-electron chi connectivity index (χ1n) is 8.45. The Morgan fingerprint density at radius 2 is 2.13 bits per heavy atom. The van der Waals surface area contributed by atoms with E-state index in [0.29, 0.717) is 24.5 Å². The number of aromatic nitrogens is 1. The number of rotatable bonds is 4. The number of hydrogen-bond acceptors (Lipinski definition) is 5. The van der Waals surface area contributed by atoms with E-state index < -0.39 is 0 Å². The van der Waals surface area contributed by atoms with Gasteiger partial charge in [-0.25, -0.2) is 4.98 Å². The fourth-order valence-electron chi connectivity index (χ4n) is 3.12. The third-order valence-corrected chi connectivity index (χ3v) is 5.31. The Kier molecular flexibility index (Phi) is 5.61. The van der Waals surface area contributed by atoms with Crippen molar-refractivity contribution in [3.8, 4) is 0 Å². The molecule has 0 spiro atoms. The molecule has 2 fully saturated rings. The summed E-state index contributed by atoms with van der Waals surface area (Å²) < 4.78 is 0. The monoisotopic (exact) mass is 336 g/mol. The summed E-state index contributed by atoms with van der Waals surface area (Å²) >= 11 is 1.48. The van der Waals surface area contributed by atoms with Gasteiger partial charge in [-0.1, -0.05) is 12.8 Å². The molecule has 1 aromatic heterocycles. The molecule has 1 atom stereocenters. The van der Waals surface area contributed by atoms with E-state index in [1.807, 2.05) is 5.38 Å². The van der Waals surface area contributed by atoms with Crippen LogP contribution in [0.2, 0.25) is 0 Å². The normalized spacial score (nSPS) is 23.1. The van der Waals surface area contributed by atoms with Gasteiger partial charge in [0, 0.05) is 24.9 Å². The van der Waals surface area contributed by atoms with Crippen LogP contribution in [0.1, 0.15) is 44.2 Å². The predicted octanol–water partition coefficient (Wildman–Crippen LogP) is 1.98. The van der Waals surface area contributed by atoms with Crippen LogP contribution < -0.4 is 10.6 Å². The Bertz CT molecular complexity index is 542. The third kappa shape index (κ3) is 4.75. The molecule has 7 heteroatoms. The number of carbonyl (C=O) groups excluding carboxylic acids is 2. The van der Waals surface area contributed by atoms with Crippen LogP contribution in [0.25, 0.3) is 0 Å². The van der Waals surface area contributed by atoms with E-state index in [4.69, 9.17) is 0 Å². The molecular weight excluding hydrogens is 312 g/mol. The minimum atomic E-state index is -0.148. The number of likely N-dealkylation sites (tertiary alicyclic amines) is 1. The van der Waals surface area contributed by atoms with Gasteiger partial charge < -0.3 is 10.6 Å². The minimum absolute atomic E-state index is 0.0306. The highest BCUT2D eigenvalue weighted by Gasteiger charge is 2.25. The molecule has 2 amide bonds. The average Bonchev–Trinajstić information content (AvgIpc) is 2.81. The van der Waals surface area contributed by atoms with Crippen LogP contribution in [-0.2, 0) is 16.1 Å². The molecule has 2 N–H and O–H groups in total. The zero-order valence-electron chi connectivity index (χ0n) is 13.3. The lowest BCUT2D eigenvalue weighted by Gasteiger charge is -2.20. The number of thiazole rings is 1. The van der Waals surface area contributed by atoms with Gasteiger partial charge in [0.2, 0.25) is 11.8 Å². The lowest BCUT2D eigenvalue weighted by Crippen LogP contribution is -2.40. The maximum Gasteiger partial charge on any atom is 0.231 e. The van der Waals surface area contributed by atoms with Crippen LogP contribution in [0, 0.1) is 5.92 Å². The second-order valence-corrected chi connectivity index (χ2v) is 7.22. The number of hydrogen-bond donors (Lipinski definition) is 2. The molecule has 6 nitrogen and oxygen atoms in total. The van der Waals surface area contributed by atoms with Crippen molar-refractivity contribution in [1.29, 1.82) is 0 Å². The predicted molar refractivity (Wildman–Crippen MR) is 90.2 cm³/mol. The summed E-state index contributed by atoms with van der Waals surface area (Å²) in [5, 5.41) is 8.33. The zero-order chi connectivity index (χ0) is 16.1. The van der Waals surface area contributed by atoms with Gasteiger partial charge in [0.05, 0.1) is 11.6 Å². The van der Waals surface area contributed by atoms with E-state index in [-0.39, 0.29) is 17.7 Å². The van der Waals surface area contributed by atoms with Crippen molar-refractivity contribution in [3.63, 3.8) is 0 Å². The quantitative estimate of drug-likeness (QED) is 0.882. The van der Waals surface area contributed by atoms with Crippen LogP contribution >= 0.6 is 11.3 Å². The van der Waals surface area contributed by atoms with Gasteiger partial charge in [-0.3, -0.25) is 14.5 Å². The Morgan fingerprint density at radius 3 is 2.83 bits per heavy atom. The summed E-state index contributed by atoms with van der Waals surface area (Å²) in [5.74, 6) is -0.158. The molecule has 0 bridgehead atoms. The molecule has 0 saturated carbocycles. The van der Waals surface area contributed by atoms with Crippen LogP contribution in [0.15, 0.2) is 5.38 Å². The van der Waals surface area contributed by atoms with Gasteiger partial charge in [-0.15, -0.1) is 11.3 Å². The molecule has 3 rings (SSSR count). The molecule has 0 radical (unpaired) electrons. The van der Waals surface area contributed by atoms with Crippen LogP contribution in [0.5, 0.6) is 0 Å². The van der Waals surface area contributed by atoms with E-state index in [1.54, 1.807) is 0 Å². The molecule has 2 saturated heterocycles. The van der Waals surface area contributed by atoms with Crippen LogP contribution in [0.3, 0.4) is 0 Å². The summed E-state index contributed by atoms with van der Waals surface area (Å²) in [4.78, 5) is 30.4. The zero-order valence-corrected chi connectivity index (χ0v) is 14.2. The number of nitrogens with zero attached hydrogens (tertiary/aromatic N) is 2. The van der Waals surface area contributed by atoms with Crippen molar-refractivity contribution in [2.75, 3.05) is 25.0 Å². The van der Waals surface area contributed by atoms with Crippen molar-refractivity contribution in [2.45, 2.75) is 45.1 Å². The fraction of sp³-hybridized carbons (Fsp3) is 0.688. The van der Waals surface area contributed by atoms with E-state index in [9.17, 15) is 9.59 Å². The summed E-state index contributed by atoms with van der Waals surface area (Å²) in [6.45, 7) is 3.57. The molecule has 126 valence electrons. The number of carbonyl (C=O) groups is 2. The topological polar surface area (TPSA) is 74.3 Å². The molecule has 2 aliphatic rings. The Labute approximate surface area is 140 Å². The van der Waals surface area contributed by atoms with E-state index >= 15 is 0 Å². The Balaban J connectivity index is 1.50. The van der Waals surface area contributed by atoms with Gasteiger partial charge in [0.25, 0.3) is 0 Å². The molecule has 0 aromatic carbocycles. The van der Waals surface area contributed by atoms with Gasteiger partial charge >= 0.3 is 0 Å². The van der Waals surface area contributed by atoms with Gasteiger partial charge in [0.15, 0.2) is 5.13 Å². The Morgan fingerprint density at radius 1 is 1.35 bits per heavy atom. The highest BCUT2D eigenvalue weighted by molar-refractivity contribution is 7.13. The van der Waals surface area contributed by atoms with Crippen molar-refractivity contribution >= 4 is 28.3 Å². The molecule has 23 heavy (non-hydrogen) atoms. The summed E-state index contributed by atoms with van der Waals surface area (Å²) in [7, 11) is 0. The van der Waals surface area contributed by atoms with Crippen LogP contribution in [0.4, 0.5) is 5.13 Å². The van der Waals surface area contributed by atoms with Crippen LogP contribution in [-0.4, -0.2) is 41.3 Å². The first-order valence-corrected chi connectivity index (χ1v) is 9.33. The largest absolute Gasteiger partial charge is 0.355 e. The average molecular weight is 336 g/mol. The fourth-order valence-corrected chi connectivity index (χ4v) is 3.83. The van der Waals surface area contributed by atoms with Crippen molar-refractivity contribution in [2.24, 2.45) is 5.92 Å². The van der Waals surface area contributed by atoms with Gasteiger partial charge in [0.1, 0.15) is 0 Å². The van der Waals surface area contributed by atoms with E-state index in [2.05, 4.69) is 20.5 Å². The maximum atomic E-state index is 12.2. The molecule has 2 aliphatic heterocycles. The summed E-state index contributed by atoms with van der Waals surface area (Å²) in [5.41, 5.74) is 1.03. The van der Waals surface area contributed by atoms with Gasteiger partial charge in [-0.2, -0.15) is 0 Å². The number of piperidine rings is 1. The van der Waals surface area contributed by atoms with Crippen molar-refractivity contribution in [1.82, 2.24) is 15.2 Å². The maximum absolute atomic E-state index is 12.2. The van der Waals surface area contributed by atoms with E-state index in [1.165, 1.54) is 37.0 Å². The lowest BCUT2D eigenvalue weighted by atomic mass is 9.98. The van der Waals surface area contributed by atoms with Gasteiger partial charge in [-0.05, 0) is 32.4 Å². The smallest absolute Gasteiger partial charge is 0.231 e. The first kappa shape index (κ1) is 16.4. The highest BCUT2D eigenvalue weighted by atomic mass is 32.1. The summed E-state index contributed by atoms with van der Waals surface area (Å²) in [6.07, 6.45) is 6.22. The SMILES string of the molecule is O=C1CC[C@H](C(=O)Nc2nc(CN3CCCCCC3)cs2)CN1. The number of amides is 2. The minimum Gasteiger partial charge on any atom is -0.355 e. The molecule has 3 heterocycles. The highest BCUT2D eigenvalue weighted by Crippen LogP contribution is 2.20. The second-order valence-electron chi connectivity index (χ2n) is 6.36. The molecular formula is C16H24N4O2S. The van der Waals surface area contributed by atoms with Crippen molar-refractivity contribution < 1.29 is 9.59 Å². The third-order valence-electron chi connectivity index (χ3n) is 4.50. The molecule has 1 aromatic rings. The standard InChI is InChI=1S/C16H24N4O2S/c21-14-6-5-12(9-17-14)15(22)19-16-18-13(11-23-16)10-20-7-3-1-2-4-8-20/h11-12H,1-10H2,(H,17,21)(H,18,19,22)/t12-/m0/s1. The molecule has 0 unspecified atom stereocenters. The Hall–Kier alpha value is -1.47. The second kappa shape index (κ2) is 7.88. The number of nitrogens with one attached hydrogen (secondary N) is 2. The van der Waals surface area contributed by atoms with Crippen molar-refractivity contribution in [3.05, 3.63) is 11.1 Å². The molecule has 0 aliphatic carbocycles. The first-order chi connectivity index (χ1) is 11.2. The lowest BCUT2D eigenvalue weighted by molar-refractivity contribution is -0.126. The number of anilines is 1.